The maximum absolute atomic E-state index is 12.7. The van der Waals surface area contributed by atoms with E-state index in [1.54, 1.807) is 48.5 Å². The first-order chi connectivity index (χ1) is 17.4. The van der Waals surface area contributed by atoms with Crippen LogP contribution in [-0.2, 0) is 0 Å². The van der Waals surface area contributed by atoms with Gasteiger partial charge in [-0.15, -0.1) is 0 Å². The topological polar surface area (TPSA) is 139 Å². The number of rotatable bonds is 9. The van der Waals surface area contributed by atoms with Crippen molar-refractivity contribution in [3.8, 4) is 23.0 Å². The number of phenols is 4. The lowest BCUT2D eigenvalue weighted by Crippen LogP contribution is -2.25. The van der Waals surface area contributed by atoms with Gasteiger partial charge in [-0.2, -0.15) is 0 Å². The van der Waals surface area contributed by atoms with Crippen molar-refractivity contribution in [3.05, 3.63) is 71.8 Å². The molecule has 0 aliphatic rings. The minimum atomic E-state index is -0.454. The molecule has 0 fully saturated rings. The molecule has 0 bridgehead atoms. The number of amides is 2. The fourth-order valence-electron chi connectivity index (χ4n) is 4.29. The molecule has 0 saturated heterocycles. The first-order valence-corrected chi connectivity index (χ1v) is 11.8. The Hall–Kier alpha value is -4.46. The number of fused-ring (bicyclic) bond motifs is 2. The van der Waals surface area contributed by atoms with Gasteiger partial charge in [-0.1, -0.05) is 61.4 Å². The molecule has 2 amide bonds. The van der Waals surface area contributed by atoms with E-state index < -0.39 is 23.3 Å². The van der Waals surface area contributed by atoms with Crippen molar-refractivity contribution in [2.24, 2.45) is 0 Å². The number of aromatic hydroxyl groups is 4. The van der Waals surface area contributed by atoms with Crippen LogP contribution in [0.15, 0.2) is 60.7 Å². The zero-order chi connectivity index (χ0) is 25.7. The maximum Gasteiger partial charge on any atom is 0.255 e. The van der Waals surface area contributed by atoms with Crippen LogP contribution in [0, 0.1) is 0 Å². The third-order valence-electron chi connectivity index (χ3n) is 6.13. The molecule has 0 unspecified atom stereocenters. The Labute approximate surface area is 207 Å². The molecule has 0 aliphatic carbocycles. The summed E-state index contributed by atoms with van der Waals surface area (Å²) in [5.74, 6) is -2.46. The molecule has 0 radical (unpaired) electrons. The van der Waals surface area contributed by atoms with Crippen LogP contribution in [0.25, 0.3) is 21.5 Å². The second kappa shape index (κ2) is 10.9. The molecule has 0 atom stereocenters. The quantitative estimate of drug-likeness (QED) is 0.151. The molecule has 0 spiro atoms. The smallest absolute Gasteiger partial charge is 0.255 e. The van der Waals surface area contributed by atoms with Gasteiger partial charge >= 0.3 is 0 Å². The van der Waals surface area contributed by atoms with Crippen LogP contribution < -0.4 is 10.6 Å². The van der Waals surface area contributed by atoms with Crippen LogP contribution in [0.2, 0.25) is 0 Å². The zero-order valence-corrected chi connectivity index (χ0v) is 19.6. The van der Waals surface area contributed by atoms with Gasteiger partial charge in [-0.3, -0.25) is 9.59 Å². The van der Waals surface area contributed by atoms with E-state index in [1.165, 1.54) is 12.1 Å². The Bertz CT molecular complexity index is 1320. The summed E-state index contributed by atoms with van der Waals surface area (Å²) in [6, 6.07) is 16.9. The number of phenolic OH excluding ortho intramolecular Hbond substituents is 4. The largest absolute Gasteiger partial charge is 0.504 e. The van der Waals surface area contributed by atoms with Crippen molar-refractivity contribution in [2.45, 2.75) is 25.7 Å². The van der Waals surface area contributed by atoms with E-state index in [-0.39, 0.29) is 22.6 Å². The highest BCUT2D eigenvalue weighted by Crippen LogP contribution is 2.36. The van der Waals surface area contributed by atoms with Gasteiger partial charge in [0, 0.05) is 13.1 Å². The van der Waals surface area contributed by atoms with Crippen LogP contribution in [0.4, 0.5) is 0 Å². The molecule has 0 heterocycles. The first kappa shape index (κ1) is 24.7. The monoisotopic (exact) mass is 488 g/mol. The summed E-state index contributed by atoms with van der Waals surface area (Å²) in [6.07, 6.45) is 3.02. The predicted octanol–water partition coefficient (Wildman–Crippen LogP) is 4.54. The van der Waals surface area contributed by atoms with E-state index in [0.29, 0.717) is 47.5 Å². The predicted molar refractivity (Wildman–Crippen MR) is 138 cm³/mol. The molecule has 4 rings (SSSR count). The fraction of sp³-hybridized carbons (Fsp3) is 0.214. The highest BCUT2D eigenvalue weighted by molar-refractivity contribution is 6.11. The molecule has 186 valence electrons. The van der Waals surface area contributed by atoms with E-state index in [2.05, 4.69) is 10.6 Å². The minimum absolute atomic E-state index is 0.0519. The molecule has 8 heteroatoms. The summed E-state index contributed by atoms with van der Waals surface area (Å²) in [7, 11) is 0. The van der Waals surface area contributed by atoms with E-state index in [1.807, 2.05) is 0 Å². The van der Waals surface area contributed by atoms with Crippen LogP contribution in [0.3, 0.4) is 0 Å². The molecule has 0 aromatic heterocycles. The lowest BCUT2D eigenvalue weighted by molar-refractivity contribution is 0.0941. The summed E-state index contributed by atoms with van der Waals surface area (Å²) < 4.78 is 0. The molecule has 0 aliphatic heterocycles. The molecule has 4 aromatic rings. The van der Waals surface area contributed by atoms with Crippen molar-refractivity contribution in [2.75, 3.05) is 13.1 Å². The Morgan fingerprint density at radius 2 is 0.972 bits per heavy atom. The first-order valence-electron chi connectivity index (χ1n) is 11.8. The molecule has 6 N–H and O–H groups in total. The van der Waals surface area contributed by atoms with Crippen LogP contribution in [0.1, 0.15) is 46.4 Å². The van der Waals surface area contributed by atoms with Crippen molar-refractivity contribution in [1.29, 1.82) is 0 Å². The second-order valence-corrected chi connectivity index (χ2v) is 8.61. The fourth-order valence-corrected chi connectivity index (χ4v) is 4.29. The molecular weight excluding hydrogens is 460 g/mol. The number of hydrogen-bond acceptors (Lipinski definition) is 6. The lowest BCUT2D eigenvalue weighted by Gasteiger charge is -2.12. The molecular formula is C28H28N2O6. The van der Waals surface area contributed by atoms with Gasteiger partial charge in [-0.25, -0.2) is 0 Å². The highest BCUT2D eigenvalue weighted by Gasteiger charge is 2.19. The number of unbranched alkanes of at least 4 members (excludes halogenated alkanes) is 3. The Kier molecular flexibility index (Phi) is 7.44. The molecule has 4 aromatic carbocycles. The van der Waals surface area contributed by atoms with E-state index in [9.17, 15) is 30.0 Å². The molecule has 8 nitrogen and oxygen atoms in total. The SMILES string of the molecule is O=C(NCCCCCCNC(=O)c1c(O)c(O)cc2ccccc12)c1c(O)c(O)cc2ccccc12. The van der Waals surface area contributed by atoms with Crippen LogP contribution in [0.5, 0.6) is 23.0 Å². The minimum Gasteiger partial charge on any atom is -0.504 e. The van der Waals surface area contributed by atoms with E-state index >= 15 is 0 Å². The molecule has 0 saturated carbocycles. The normalized spacial score (nSPS) is 11.0. The zero-order valence-electron chi connectivity index (χ0n) is 19.6. The van der Waals surface area contributed by atoms with Crippen molar-refractivity contribution in [3.63, 3.8) is 0 Å². The van der Waals surface area contributed by atoms with Gasteiger partial charge in [0.15, 0.2) is 23.0 Å². The molecule has 36 heavy (non-hydrogen) atoms. The number of carbonyl (C=O) groups excluding carboxylic acids is 2. The van der Waals surface area contributed by atoms with Gasteiger partial charge in [0.2, 0.25) is 0 Å². The van der Waals surface area contributed by atoms with Gasteiger partial charge < -0.3 is 31.1 Å². The summed E-state index contributed by atoms with van der Waals surface area (Å²) in [4.78, 5) is 25.3. The Balaban J connectivity index is 1.22. The van der Waals surface area contributed by atoms with Crippen molar-refractivity contribution in [1.82, 2.24) is 10.6 Å². The van der Waals surface area contributed by atoms with Crippen molar-refractivity contribution < 1.29 is 30.0 Å². The average molecular weight is 489 g/mol. The third kappa shape index (κ3) is 5.12. The van der Waals surface area contributed by atoms with Crippen molar-refractivity contribution >= 4 is 33.4 Å². The summed E-state index contributed by atoms with van der Waals surface area (Å²) in [5.41, 5.74) is 0.104. The Morgan fingerprint density at radius 3 is 1.39 bits per heavy atom. The van der Waals surface area contributed by atoms with E-state index in [4.69, 9.17) is 0 Å². The third-order valence-corrected chi connectivity index (χ3v) is 6.13. The number of carbonyl (C=O) groups is 2. The van der Waals surface area contributed by atoms with Gasteiger partial charge in [-0.05, 0) is 46.5 Å². The van der Waals surface area contributed by atoms with Crippen LogP contribution >= 0.6 is 0 Å². The van der Waals surface area contributed by atoms with Gasteiger partial charge in [0.05, 0.1) is 11.1 Å². The van der Waals surface area contributed by atoms with Crippen LogP contribution in [-0.4, -0.2) is 45.3 Å². The van der Waals surface area contributed by atoms with E-state index in [0.717, 1.165) is 12.8 Å². The highest BCUT2D eigenvalue weighted by atomic mass is 16.3. The standard InChI is InChI=1S/C28H28N2O6/c31-21-15-17-9-3-5-11-19(17)23(25(21)33)27(35)29-13-7-1-2-8-14-30-28(36)24-20-12-6-4-10-18(20)16-22(32)26(24)34/h3-6,9-12,15-16,31-34H,1-2,7-8,13-14H2,(H,29,35)(H,30,36). The van der Waals surface area contributed by atoms with Gasteiger partial charge in [0.25, 0.3) is 11.8 Å². The summed E-state index contributed by atoms with van der Waals surface area (Å²) in [6.45, 7) is 0.801. The second-order valence-electron chi connectivity index (χ2n) is 8.61. The summed E-state index contributed by atoms with van der Waals surface area (Å²) in [5, 5.41) is 48.3. The summed E-state index contributed by atoms with van der Waals surface area (Å²) >= 11 is 0. The number of hydrogen-bond donors (Lipinski definition) is 6. The lowest BCUT2D eigenvalue weighted by atomic mass is 10.0. The number of benzene rings is 4. The Morgan fingerprint density at radius 1 is 0.583 bits per heavy atom. The number of nitrogens with one attached hydrogen (secondary N) is 2. The average Bonchev–Trinajstić information content (AvgIpc) is 2.87. The van der Waals surface area contributed by atoms with Gasteiger partial charge in [0.1, 0.15) is 0 Å². The maximum atomic E-state index is 12.7.